The predicted molar refractivity (Wildman–Crippen MR) is 45.9 cm³/mol. The van der Waals surface area contributed by atoms with Crippen molar-refractivity contribution in [1.29, 1.82) is 0 Å². The summed E-state index contributed by atoms with van der Waals surface area (Å²) in [6.45, 7) is 0. The molecular formula is C6H6F3N3O2S. The normalized spacial score (nSPS) is 11.2. The number of aromatic nitrogens is 2. The van der Waals surface area contributed by atoms with Crippen LogP contribution in [-0.2, 0) is 4.74 Å². The highest BCUT2D eigenvalue weighted by molar-refractivity contribution is 8.00. The zero-order valence-corrected chi connectivity index (χ0v) is 8.22. The van der Waals surface area contributed by atoms with Crippen molar-refractivity contribution >= 4 is 17.9 Å². The molecule has 0 bridgehead atoms. The predicted octanol–water partition coefficient (Wildman–Crippen LogP) is 1.80. The largest absolute Gasteiger partial charge is 0.452 e. The zero-order chi connectivity index (χ0) is 11.5. The van der Waals surface area contributed by atoms with Gasteiger partial charge in [-0.25, -0.2) is 10.2 Å². The smallest absolute Gasteiger partial charge is 0.446 e. The summed E-state index contributed by atoms with van der Waals surface area (Å²) in [7, 11) is 1.13. The number of amides is 1. The molecule has 1 rings (SSSR count). The molecule has 1 heterocycles. The molecule has 0 unspecified atom stereocenters. The molecule has 84 valence electrons. The molecule has 0 spiro atoms. The van der Waals surface area contributed by atoms with Crippen molar-refractivity contribution in [2.24, 2.45) is 0 Å². The van der Waals surface area contributed by atoms with E-state index in [1.54, 1.807) is 0 Å². The van der Waals surface area contributed by atoms with Crippen LogP contribution < -0.4 is 5.43 Å². The Morgan fingerprint density at radius 2 is 2.33 bits per heavy atom. The monoisotopic (exact) mass is 241 g/mol. The molecule has 0 fully saturated rings. The maximum atomic E-state index is 11.9. The van der Waals surface area contributed by atoms with E-state index in [4.69, 9.17) is 0 Å². The topological polar surface area (TPSA) is 56.1 Å². The van der Waals surface area contributed by atoms with Gasteiger partial charge >= 0.3 is 11.6 Å². The molecule has 0 aromatic carbocycles. The van der Waals surface area contributed by atoms with Crippen LogP contribution >= 0.6 is 11.8 Å². The quantitative estimate of drug-likeness (QED) is 0.802. The Kier molecular flexibility index (Phi) is 3.45. The molecule has 0 aliphatic rings. The summed E-state index contributed by atoms with van der Waals surface area (Å²) in [6.07, 6.45) is 1.19. The second-order valence-corrected chi connectivity index (χ2v) is 3.41. The summed E-state index contributed by atoms with van der Waals surface area (Å²) < 4.78 is 39.9. The average molecular weight is 241 g/mol. The number of alkyl halides is 3. The Hall–Kier alpha value is -1.38. The van der Waals surface area contributed by atoms with E-state index in [9.17, 15) is 18.0 Å². The maximum absolute atomic E-state index is 11.9. The molecule has 1 aromatic rings. The van der Waals surface area contributed by atoms with E-state index in [0.717, 1.165) is 24.3 Å². The summed E-state index contributed by atoms with van der Waals surface area (Å²) in [6, 6.07) is 0. The van der Waals surface area contributed by atoms with Crippen LogP contribution in [0.25, 0.3) is 0 Å². The number of halogens is 3. The molecule has 5 nitrogen and oxygen atoms in total. The number of ether oxygens (including phenoxy) is 1. The van der Waals surface area contributed by atoms with Gasteiger partial charge in [-0.3, -0.25) is 0 Å². The molecule has 9 heteroatoms. The number of nitrogens with zero attached hydrogens (tertiary/aromatic N) is 2. The molecular weight excluding hydrogens is 235 g/mol. The Labute approximate surface area is 86.5 Å². The first-order valence-electron chi connectivity index (χ1n) is 3.56. The van der Waals surface area contributed by atoms with Crippen molar-refractivity contribution in [3.63, 3.8) is 0 Å². The molecule has 1 amide bonds. The molecule has 0 aliphatic heterocycles. The highest BCUT2D eigenvalue weighted by Crippen LogP contribution is 2.36. The standard InChI is InChI=1S/C6H6F3N3O2S/c1-14-5(13)11-12-3-4(2-10-12)15-6(7,8)9/h2-3H,1H3,(H,11,13). The van der Waals surface area contributed by atoms with Gasteiger partial charge in [0.05, 0.1) is 24.4 Å². The number of hydrogen-bond donors (Lipinski definition) is 1. The molecule has 0 saturated heterocycles. The molecule has 0 atom stereocenters. The fourth-order valence-electron chi connectivity index (χ4n) is 0.693. The molecule has 15 heavy (non-hydrogen) atoms. The van der Waals surface area contributed by atoms with Crippen molar-refractivity contribution in [3.8, 4) is 0 Å². The summed E-state index contributed by atoms with van der Waals surface area (Å²) in [5, 5.41) is 3.47. The average Bonchev–Trinajstić information content (AvgIpc) is 2.49. The molecule has 0 aliphatic carbocycles. The lowest BCUT2D eigenvalue weighted by molar-refractivity contribution is -0.0328. The molecule has 0 saturated carbocycles. The summed E-state index contributed by atoms with van der Waals surface area (Å²) >= 11 is -0.319. The van der Waals surface area contributed by atoms with E-state index >= 15 is 0 Å². The number of carbonyl (C=O) groups is 1. The van der Waals surface area contributed by atoms with Crippen LogP contribution in [0.2, 0.25) is 0 Å². The Bertz CT molecular complexity index is 352. The fraction of sp³-hybridized carbons (Fsp3) is 0.333. The van der Waals surface area contributed by atoms with Gasteiger partial charge in [-0.05, 0) is 11.8 Å². The second-order valence-electron chi connectivity index (χ2n) is 2.27. The van der Waals surface area contributed by atoms with Gasteiger partial charge in [-0.1, -0.05) is 0 Å². The first kappa shape index (κ1) is 11.7. The van der Waals surface area contributed by atoms with Crippen LogP contribution in [0.4, 0.5) is 18.0 Å². The Morgan fingerprint density at radius 1 is 1.67 bits per heavy atom. The van der Waals surface area contributed by atoms with Gasteiger partial charge < -0.3 is 4.74 Å². The number of nitrogens with one attached hydrogen (secondary N) is 1. The summed E-state index contributed by atoms with van der Waals surface area (Å²) in [4.78, 5) is 11.4. The fourth-order valence-corrected chi connectivity index (χ4v) is 1.21. The second kappa shape index (κ2) is 4.43. The van der Waals surface area contributed by atoms with Crippen LogP contribution in [0, 0.1) is 0 Å². The van der Waals surface area contributed by atoms with Gasteiger partial charge in [0.1, 0.15) is 0 Å². The van der Waals surface area contributed by atoms with Crippen LogP contribution in [0.1, 0.15) is 0 Å². The van der Waals surface area contributed by atoms with Gasteiger partial charge in [-0.2, -0.15) is 23.1 Å². The van der Waals surface area contributed by atoms with Crippen molar-refractivity contribution in [2.75, 3.05) is 12.5 Å². The van der Waals surface area contributed by atoms with Gasteiger partial charge in [-0.15, -0.1) is 0 Å². The van der Waals surface area contributed by atoms with Crippen molar-refractivity contribution < 1.29 is 22.7 Å². The number of carbonyl (C=O) groups excluding carboxylic acids is 1. The lowest BCUT2D eigenvalue weighted by atomic mass is 10.7. The number of hydrogen-bond acceptors (Lipinski definition) is 4. The van der Waals surface area contributed by atoms with Crippen LogP contribution in [0.5, 0.6) is 0 Å². The Morgan fingerprint density at radius 3 is 2.87 bits per heavy atom. The van der Waals surface area contributed by atoms with E-state index in [0.29, 0.717) is 0 Å². The minimum Gasteiger partial charge on any atom is -0.452 e. The van der Waals surface area contributed by atoms with E-state index in [1.807, 2.05) is 0 Å². The van der Waals surface area contributed by atoms with E-state index < -0.39 is 11.6 Å². The van der Waals surface area contributed by atoms with Gasteiger partial charge in [0, 0.05) is 0 Å². The number of rotatable bonds is 2. The summed E-state index contributed by atoms with van der Waals surface area (Å²) in [5.41, 5.74) is -2.31. The molecule has 1 N–H and O–H groups in total. The van der Waals surface area contributed by atoms with Crippen molar-refractivity contribution in [3.05, 3.63) is 12.4 Å². The van der Waals surface area contributed by atoms with Crippen LogP contribution in [0.15, 0.2) is 17.3 Å². The first-order chi connectivity index (χ1) is 6.90. The molecule has 1 aromatic heterocycles. The highest BCUT2D eigenvalue weighted by atomic mass is 32.2. The summed E-state index contributed by atoms with van der Waals surface area (Å²) in [5.74, 6) is 0. The van der Waals surface area contributed by atoms with Crippen LogP contribution in [-0.4, -0.2) is 28.6 Å². The lowest BCUT2D eigenvalue weighted by Crippen LogP contribution is -2.22. The third-order valence-corrected chi connectivity index (χ3v) is 1.86. The van der Waals surface area contributed by atoms with Crippen LogP contribution in [0.3, 0.4) is 0 Å². The number of thioether (sulfide) groups is 1. The number of methoxy groups -OCH3 is 1. The molecule has 0 radical (unpaired) electrons. The Balaban J connectivity index is 2.60. The van der Waals surface area contributed by atoms with Crippen molar-refractivity contribution in [2.45, 2.75) is 10.4 Å². The first-order valence-corrected chi connectivity index (χ1v) is 4.38. The van der Waals surface area contributed by atoms with Gasteiger partial charge in [0.25, 0.3) is 0 Å². The third-order valence-electron chi connectivity index (χ3n) is 1.18. The van der Waals surface area contributed by atoms with Gasteiger partial charge in [0.2, 0.25) is 0 Å². The SMILES string of the molecule is COC(=O)Nn1cc(SC(F)(F)F)cn1. The minimum absolute atomic E-state index is 0.126. The highest BCUT2D eigenvalue weighted by Gasteiger charge is 2.29. The van der Waals surface area contributed by atoms with Crippen molar-refractivity contribution in [1.82, 2.24) is 9.89 Å². The lowest BCUT2D eigenvalue weighted by Gasteiger charge is -2.02. The zero-order valence-electron chi connectivity index (χ0n) is 7.41. The third kappa shape index (κ3) is 4.11. The maximum Gasteiger partial charge on any atom is 0.446 e. The van der Waals surface area contributed by atoms with E-state index in [2.05, 4.69) is 15.3 Å². The van der Waals surface area contributed by atoms with Gasteiger partial charge in [0.15, 0.2) is 0 Å². The van der Waals surface area contributed by atoms with E-state index in [-0.39, 0.29) is 16.7 Å². The van der Waals surface area contributed by atoms with E-state index in [1.165, 1.54) is 0 Å². The minimum atomic E-state index is -4.38.